The zero-order valence-electron chi connectivity index (χ0n) is 16.9. The lowest BCUT2D eigenvalue weighted by Crippen LogP contribution is -2.29. The Labute approximate surface area is 177 Å². The fraction of sp³-hybridized carbons (Fsp3) is 0.333. The van der Waals surface area contributed by atoms with Crippen LogP contribution in [0.5, 0.6) is 11.5 Å². The van der Waals surface area contributed by atoms with Crippen molar-refractivity contribution in [2.24, 2.45) is 0 Å². The van der Waals surface area contributed by atoms with Crippen LogP contribution in [0, 0.1) is 0 Å². The minimum Gasteiger partial charge on any atom is -0.493 e. The lowest BCUT2D eigenvalue weighted by atomic mass is 10.1. The molecule has 0 atom stereocenters. The molecule has 2 aromatic carbocycles. The summed E-state index contributed by atoms with van der Waals surface area (Å²) in [5.74, 6) is 1.57. The van der Waals surface area contributed by atoms with Gasteiger partial charge in [-0.15, -0.1) is 11.3 Å². The summed E-state index contributed by atoms with van der Waals surface area (Å²) in [4.78, 5) is 3.68. The summed E-state index contributed by atoms with van der Waals surface area (Å²) in [7, 11) is 1.68. The number of para-hydroxylation sites is 1. The van der Waals surface area contributed by atoms with Crippen LogP contribution >= 0.6 is 11.3 Å². The van der Waals surface area contributed by atoms with Crippen LogP contribution in [0.25, 0.3) is 0 Å². The highest BCUT2D eigenvalue weighted by Gasteiger charge is 2.12. The Morgan fingerprint density at radius 2 is 1.79 bits per heavy atom. The first-order valence-corrected chi connectivity index (χ1v) is 11.1. The van der Waals surface area contributed by atoms with E-state index in [0.29, 0.717) is 13.2 Å². The maximum atomic E-state index is 6.13. The molecule has 1 N–H and O–H groups in total. The molecule has 2 heterocycles. The van der Waals surface area contributed by atoms with E-state index in [1.54, 1.807) is 18.4 Å². The van der Waals surface area contributed by atoms with Crippen molar-refractivity contribution in [1.82, 2.24) is 0 Å². The maximum Gasteiger partial charge on any atom is 0.166 e. The molecule has 29 heavy (non-hydrogen) atoms. The molecule has 1 saturated heterocycles. The Hall–Kier alpha value is -2.66. The van der Waals surface area contributed by atoms with Crippen molar-refractivity contribution >= 4 is 22.7 Å². The van der Waals surface area contributed by atoms with Crippen LogP contribution in [-0.2, 0) is 13.2 Å². The van der Waals surface area contributed by atoms with Gasteiger partial charge in [0.05, 0.1) is 7.11 Å². The number of thiophene rings is 1. The van der Waals surface area contributed by atoms with Crippen LogP contribution in [-0.4, -0.2) is 20.2 Å². The normalized spacial score (nSPS) is 13.9. The average Bonchev–Trinajstić information content (AvgIpc) is 3.31. The molecule has 0 unspecified atom stereocenters. The second-order valence-electron chi connectivity index (χ2n) is 7.26. The molecule has 0 bridgehead atoms. The second kappa shape index (κ2) is 9.70. The summed E-state index contributed by atoms with van der Waals surface area (Å²) in [5.41, 5.74) is 3.51. The third kappa shape index (κ3) is 5.04. The molecule has 1 aliphatic rings. The predicted molar refractivity (Wildman–Crippen MR) is 121 cm³/mol. The second-order valence-corrected chi connectivity index (χ2v) is 8.30. The van der Waals surface area contributed by atoms with E-state index in [2.05, 4.69) is 52.0 Å². The molecule has 3 aromatic rings. The van der Waals surface area contributed by atoms with E-state index in [-0.39, 0.29) is 0 Å². The summed E-state index contributed by atoms with van der Waals surface area (Å²) in [5, 5.41) is 5.59. The number of nitrogens with one attached hydrogen (secondary N) is 1. The highest BCUT2D eigenvalue weighted by Crippen LogP contribution is 2.33. The Kier molecular flexibility index (Phi) is 6.57. The predicted octanol–water partition coefficient (Wildman–Crippen LogP) is 5.94. The van der Waals surface area contributed by atoms with Crippen molar-refractivity contribution in [2.45, 2.75) is 32.4 Å². The van der Waals surface area contributed by atoms with Crippen molar-refractivity contribution in [3.05, 3.63) is 70.4 Å². The van der Waals surface area contributed by atoms with Crippen LogP contribution in [0.1, 0.15) is 29.7 Å². The first-order valence-electron chi connectivity index (χ1n) is 10.2. The van der Waals surface area contributed by atoms with Gasteiger partial charge in [-0.1, -0.05) is 18.2 Å². The van der Waals surface area contributed by atoms with E-state index in [0.717, 1.165) is 22.7 Å². The summed E-state index contributed by atoms with van der Waals surface area (Å²) in [6.45, 7) is 3.57. The first kappa shape index (κ1) is 19.6. The SMILES string of the molecule is COc1cccc(CNc2ccc(N3CCCCC3)cc2)c1OCc1cccs1. The van der Waals surface area contributed by atoms with Gasteiger partial charge in [0.1, 0.15) is 6.61 Å². The summed E-state index contributed by atoms with van der Waals surface area (Å²) in [6, 6.07) is 18.9. The molecule has 5 heteroatoms. The van der Waals surface area contributed by atoms with Gasteiger partial charge >= 0.3 is 0 Å². The van der Waals surface area contributed by atoms with Crippen LogP contribution in [0.4, 0.5) is 11.4 Å². The minimum absolute atomic E-state index is 0.551. The largest absolute Gasteiger partial charge is 0.493 e. The Morgan fingerprint density at radius 1 is 0.966 bits per heavy atom. The monoisotopic (exact) mass is 408 g/mol. The summed E-state index contributed by atoms with van der Waals surface area (Å²) >= 11 is 1.70. The van der Waals surface area contributed by atoms with Crippen molar-refractivity contribution in [1.29, 1.82) is 0 Å². The lowest BCUT2D eigenvalue weighted by Gasteiger charge is -2.28. The van der Waals surface area contributed by atoms with Crippen LogP contribution in [0.2, 0.25) is 0 Å². The van der Waals surface area contributed by atoms with Crippen LogP contribution in [0.15, 0.2) is 60.0 Å². The molecule has 152 valence electrons. The highest BCUT2D eigenvalue weighted by atomic mass is 32.1. The fourth-order valence-corrected chi connectivity index (χ4v) is 4.32. The van der Waals surface area contributed by atoms with E-state index in [1.807, 2.05) is 18.2 Å². The van der Waals surface area contributed by atoms with Crippen molar-refractivity contribution in [3.63, 3.8) is 0 Å². The Morgan fingerprint density at radius 3 is 2.52 bits per heavy atom. The Balaban J connectivity index is 1.42. The zero-order valence-corrected chi connectivity index (χ0v) is 17.7. The smallest absolute Gasteiger partial charge is 0.166 e. The number of rotatable bonds is 8. The van der Waals surface area contributed by atoms with Crippen LogP contribution < -0.4 is 19.7 Å². The first-order chi connectivity index (χ1) is 14.3. The van der Waals surface area contributed by atoms with E-state index < -0.39 is 0 Å². The van der Waals surface area contributed by atoms with E-state index in [4.69, 9.17) is 9.47 Å². The number of hydrogen-bond acceptors (Lipinski definition) is 5. The van der Waals surface area contributed by atoms with Gasteiger partial charge in [0, 0.05) is 41.4 Å². The zero-order chi connectivity index (χ0) is 19.9. The van der Waals surface area contributed by atoms with Gasteiger partial charge in [0.2, 0.25) is 0 Å². The topological polar surface area (TPSA) is 33.7 Å². The van der Waals surface area contributed by atoms with Gasteiger partial charge < -0.3 is 19.7 Å². The van der Waals surface area contributed by atoms with Gasteiger partial charge in [-0.2, -0.15) is 0 Å². The Bertz CT molecular complexity index is 888. The molecular weight excluding hydrogens is 380 g/mol. The summed E-state index contributed by atoms with van der Waals surface area (Å²) < 4.78 is 11.7. The molecule has 4 rings (SSSR count). The molecule has 0 amide bonds. The van der Waals surface area contributed by atoms with Gasteiger partial charge in [0.15, 0.2) is 11.5 Å². The molecular formula is C24H28N2O2S. The quantitative estimate of drug-likeness (QED) is 0.500. The molecule has 1 fully saturated rings. The van der Waals surface area contributed by atoms with E-state index >= 15 is 0 Å². The molecule has 4 nitrogen and oxygen atoms in total. The molecule has 0 aliphatic carbocycles. The number of methoxy groups -OCH3 is 1. The minimum atomic E-state index is 0.551. The van der Waals surface area contributed by atoms with Gasteiger partial charge in [0.25, 0.3) is 0 Å². The van der Waals surface area contributed by atoms with Gasteiger partial charge in [-0.25, -0.2) is 0 Å². The number of piperidine rings is 1. The van der Waals surface area contributed by atoms with Crippen LogP contribution in [0.3, 0.4) is 0 Å². The highest BCUT2D eigenvalue weighted by molar-refractivity contribution is 7.09. The lowest BCUT2D eigenvalue weighted by molar-refractivity contribution is 0.284. The third-order valence-corrected chi connectivity index (χ3v) is 6.14. The van der Waals surface area contributed by atoms with E-state index in [1.165, 1.54) is 42.9 Å². The number of ether oxygens (including phenoxy) is 2. The molecule has 0 spiro atoms. The van der Waals surface area contributed by atoms with Crippen molar-refractivity contribution < 1.29 is 9.47 Å². The van der Waals surface area contributed by atoms with E-state index in [9.17, 15) is 0 Å². The number of nitrogens with zero attached hydrogens (tertiary/aromatic N) is 1. The summed E-state index contributed by atoms with van der Waals surface area (Å²) in [6.07, 6.45) is 3.95. The third-order valence-electron chi connectivity index (χ3n) is 5.29. The molecule has 1 aliphatic heterocycles. The standard InChI is InChI=1S/C24H28N2O2S/c1-27-23-9-5-7-19(24(23)28-18-22-8-6-16-29-22)17-25-20-10-12-21(13-11-20)26-14-3-2-4-15-26/h5-13,16,25H,2-4,14-15,17-18H2,1H3. The van der Waals surface area contributed by atoms with Crippen molar-refractivity contribution in [3.8, 4) is 11.5 Å². The van der Waals surface area contributed by atoms with Crippen molar-refractivity contribution in [2.75, 3.05) is 30.4 Å². The van der Waals surface area contributed by atoms with Gasteiger partial charge in [-0.3, -0.25) is 0 Å². The number of hydrogen-bond donors (Lipinski definition) is 1. The fourth-order valence-electron chi connectivity index (χ4n) is 3.70. The number of anilines is 2. The maximum absolute atomic E-state index is 6.13. The molecule has 0 saturated carbocycles. The number of benzene rings is 2. The molecule has 1 aromatic heterocycles. The average molecular weight is 409 g/mol. The molecule has 0 radical (unpaired) electrons. The van der Waals surface area contributed by atoms with Gasteiger partial charge in [-0.05, 0) is 61.0 Å².